The molecule has 0 fully saturated rings. The number of nitrogens with zero attached hydrogens (tertiary/aromatic N) is 1. The standard InChI is InChI=1S/C8H11NO2.C2H6/c1-7(10)9(2)6-8-4-3-5-11-8;1-2/h3-5H,6H2,1-2H3;1-2H3. The first-order valence-electron chi connectivity index (χ1n) is 4.44. The predicted molar refractivity (Wildman–Crippen MR) is 52.2 cm³/mol. The summed E-state index contributed by atoms with van der Waals surface area (Å²) in [5.41, 5.74) is 0. The Kier molecular flexibility index (Phi) is 5.68. The maximum atomic E-state index is 10.8. The minimum absolute atomic E-state index is 0.0430. The summed E-state index contributed by atoms with van der Waals surface area (Å²) < 4.78 is 5.06. The Labute approximate surface area is 79.3 Å². The summed E-state index contributed by atoms with van der Waals surface area (Å²) in [6.07, 6.45) is 1.60. The van der Waals surface area contributed by atoms with Crippen molar-refractivity contribution in [1.82, 2.24) is 4.90 Å². The number of hydrogen-bond donors (Lipinski definition) is 0. The van der Waals surface area contributed by atoms with E-state index in [0.717, 1.165) is 5.76 Å². The summed E-state index contributed by atoms with van der Waals surface area (Å²) >= 11 is 0. The van der Waals surface area contributed by atoms with Crippen molar-refractivity contribution < 1.29 is 9.21 Å². The normalized spacial score (nSPS) is 8.62. The number of furan rings is 1. The van der Waals surface area contributed by atoms with Crippen LogP contribution in [0.1, 0.15) is 26.5 Å². The summed E-state index contributed by atoms with van der Waals surface area (Å²) in [6, 6.07) is 3.66. The van der Waals surface area contributed by atoms with Crippen LogP contribution < -0.4 is 0 Å². The molecule has 0 radical (unpaired) electrons. The molecule has 0 spiro atoms. The van der Waals surface area contributed by atoms with Gasteiger partial charge < -0.3 is 9.32 Å². The van der Waals surface area contributed by atoms with Gasteiger partial charge in [0, 0.05) is 14.0 Å². The molecule has 0 aromatic carbocycles. The van der Waals surface area contributed by atoms with Crippen LogP contribution in [-0.4, -0.2) is 17.9 Å². The summed E-state index contributed by atoms with van der Waals surface area (Å²) in [4.78, 5) is 12.4. The Hall–Kier alpha value is -1.25. The van der Waals surface area contributed by atoms with Gasteiger partial charge in [0.25, 0.3) is 0 Å². The molecule has 1 amide bonds. The molecule has 0 aliphatic carbocycles. The van der Waals surface area contributed by atoms with Crippen LogP contribution in [0.5, 0.6) is 0 Å². The van der Waals surface area contributed by atoms with E-state index < -0.39 is 0 Å². The van der Waals surface area contributed by atoms with Crippen LogP contribution in [0.4, 0.5) is 0 Å². The van der Waals surface area contributed by atoms with Gasteiger partial charge in [-0.1, -0.05) is 13.8 Å². The maximum Gasteiger partial charge on any atom is 0.219 e. The van der Waals surface area contributed by atoms with E-state index in [1.807, 2.05) is 26.0 Å². The van der Waals surface area contributed by atoms with Crippen molar-refractivity contribution in [2.45, 2.75) is 27.3 Å². The van der Waals surface area contributed by atoms with Gasteiger partial charge in [-0.25, -0.2) is 0 Å². The smallest absolute Gasteiger partial charge is 0.219 e. The van der Waals surface area contributed by atoms with E-state index in [9.17, 15) is 4.79 Å². The fourth-order valence-electron chi connectivity index (χ4n) is 0.748. The van der Waals surface area contributed by atoms with Crippen LogP contribution in [0, 0.1) is 0 Å². The molecule has 0 aliphatic heterocycles. The largest absolute Gasteiger partial charge is 0.467 e. The van der Waals surface area contributed by atoms with Gasteiger partial charge >= 0.3 is 0 Å². The maximum absolute atomic E-state index is 10.8. The third-order valence-corrected chi connectivity index (χ3v) is 1.51. The fourth-order valence-corrected chi connectivity index (χ4v) is 0.748. The zero-order valence-electron chi connectivity index (χ0n) is 8.70. The molecule has 0 saturated heterocycles. The van der Waals surface area contributed by atoms with E-state index in [0.29, 0.717) is 6.54 Å². The molecule has 1 aromatic heterocycles. The van der Waals surface area contributed by atoms with E-state index >= 15 is 0 Å². The Morgan fingerprint density at radius 1 is 1.54 bits per heavy atom. The van der Waals surface area contributed by atoms with Crippen LogP contribution in [0.15, 0.2) is 22.8 Å². The first-order chi connectivity index (χ1) is 6.20. The van der Waals surface area contributed by atoms with E-state index in [-0.39, 0.29) is 5.91 Å². The molecule has 1 aromatic rings. The summed E-state index contributed by atoms with van der Waals surface area (Å²) in [5.74, 6) is 0.851. The molecule has 0 atom stereocenters. The zero-order valence-corrected chi connectivity index (χ0v) is 8.70. The number of carbonyl (C=O) groups is 1. The molecule has 3 heteroatoms. The second kappa shape index (κ2) is 6.29. The molecule has 0 saturated carbocycles. The SMILES string of the molecule is CC.CC(=O)N(C)Cc1ccco1. The van der Waals surface area contributed by atoms with Crippen LogP contribution in [0.25, 0.3) is 0 Å². The van der Waals surface area contributed by atoms with Gasteiger partial charge in [0.2, 0.25) is 5.91 Å². The molecule has 1 rings (SSSR count). The molecule has 13 heavy (non-hydrogen) atoms. The topological polar surface area (TPSA) is 33.5 Å². The van der Waals surface area contributed by atoms with Crippen LogP contribution in [0.2, 0.25) is 0 Å². The quantitative estimate of drug-likeness (QED) is 0.704. The zero-order chi connectivity index (χ0) is 10.3. The Balaban J connectivity index is 0.000000671. The van der Waals surface area contributed by atoms with Gasteiger partial charge in [0.05, 0.1) is 12.8 Å². The minimum atomic E-state index is 0.0430. The van der Waals surface area contributed by atoms with Gasteiger partial charge in [-0.05, 0) is 12.1 Å². The molecular formula is C10H17NO2. The van der Waals surface area contributed by atoms with Crippen molar-refractivity contribution in [2.75, 3.05) is 7.05 Å². The lowest BCUT2D eigenvalue weighted by Gasteiger charge is -2.11. The molecule has 3 nitrogen and oxygen atoms in total. The Morgan fingerprint density at radius 2 is 2.15 bits per heavy atom. The molecular weight excluding hydrogens is 166 g/mol. The van der Waals surface area contributed by atoms with E-state index in [1.54, 1.807) is 18.2 Å². The first-order valence-corrected chi connectivity index (χ1v) is 4.44. The lowest BCUT2D eigenvalue weighted by Crippen LogP contribution is -2.22. The van der Waals surface area contributed by atoms with Crippen molar-refractivity contribution in [3.05, 3.63) is 24.2 Å². The van der Waals surface area contributed by atoms with Gasteiger partial charge in [-0.15, -0.1) is 0 Å². The average molecular weight is 183 g/mol. The average Bonchev–Trinajstić information content (AvgIpc) is 2.60. The van der Waals surface area contributed by atoms with Gasteiger partial charge in [0.1, 0.15) is 5.76 Å². The Morgan fingerprint density at radius 3 is 2.54 bits per heavy atom. The summed E-state index contributed by atoms with van der Waals surface area (Å²) in [6.45, 7) is 6.07. The third-order valence-electron chi connectivity index (χ3n) is 1.51. The van der Waals surface area contributed by atoms with Crippen molar-refractivity contribution in [3.63, 3.8) is 0 Å². The van der Waals surface area contributed by atoms with Crippen molar-refractivity contribution in [3.8, 4) is 0 Å². The van der Waals surface area contributed by atoms with Crippen molar-refractivity contribution in [1.29, 1.82) is 0 Å². The third kappa shape index (κ3) is 4.35. The molecule has 74 valence electrons. The monoisotopic (exact) mass is 183 g/mol. The highest BCUT2D eigenvalue weighted by Crippen LogP contribution is 2.02. The Bertz CT molecular complexity index is 229. The van der Waals surface area contributed by atoms with Gasteiger partial charge in [-0.2, -0.15) is 0 Å². The van der Waals surface area contributed by atoms with Crippen LogP contribution in [-0.2, 0) is 11.3 Å². The summed E-state index contributed by atoms with van der Waals surface area (Å²) in [7, 11) is 1.74. The van der Waals surface area contributed by atoms with Crippen LogP contribution in [0.3, 0.4) is 0 Å². The number of hydrogen-bond acceptors (Lipinski definition) is 2. The van der Waals surface area contributed by atoms with E-state index in [2.05, 4.69) is 0 Å². The predicted octanol–water partition coefficient (Wildman–Crippen LogP) is 2.28. The molecule has 1 heterocycles. The minimum Gasteiger partial charge on any atom is -0.467 e. The van der Waals surface area contributed by atoms with Crippen molar-refractivity contribution >= 4 is 5.91 Å². The second-order valence-electron chi connectivity index (χ2n) is 2.45. The highest BCUT2D eigenvalue weighted by molar-refractivity contribution is 5.72. The number of carbonyl (C=O) groups excluding carboxylic acids is 1. The second-order valence-corrected chi connectivity index (χ2v) is 2.45. The van der Waals surface area contributed by atoms with Gasteiger partial charge in [-0.3, -0.25) is 4.79 Å². The van der Waals surface area contributed by atoms with Crippen LogP contribution >= 0.6 is 0 Å². The summed E-state index contributed by atoms with van der Waals surface area (Å²) in [5, 5.41) is 0. The number of rotatable bonds is 2. The van der Waals surface area contributed by atoms with E-state index in [4.69, 9.17) is 4.42 Å². The molecule has 0 aliphatic rings. The molecule has 0 unspecified atom stereocenters. The fraction of sp³-hybridized carbons (Fsp3) is 0.500. The first kappa shape index (κ1) is 11.8. The van der Waals surface area contributed by atoms with Gasteiger partial charge in [0.15, 0.2) is 0 Å². The highest BCUT2D eigenvalue weighted by Gasteiger charge is 2.03. The van der Waals surface area contributed by atoms with Crippen molar-refractivity contribution in [2.24, 2.45) is 0 Å². The number of amides is 1. The van der Waals surface area contributed by atoms with E-state index in [1.165, 1.54) is 6.92 Å². The highest BCUT2D eigenvalue weighted by atomic mass is 16.3. The molecule has 0 N–H and O–H groups in total. The lowest BCUT2D eigenvalue weighted by molar-refractivity contribution is -0.128. The lowest BCUT2D eigenvalue weighted by atomic mass is 10.4. The molecule has 0 bridgehead atoms.